The van der Waals surface area contributed by atoms with Gasteiger partial charge in [0.05, 0.1) is 26.4 Å². The van der Waals surface area contributed by atoms with Crippen molar-refractivity contribution in [2.75, 3.05) is 81.3 Å². The van der Waals surface area contributed by atoms with E-state index in [1.807, 2.05) is 0 Å². The molecule has 0 atom stereocenters. The predicted octanol–water partition coefficient (Wildman–Crippen LogP) is 5.44. The van der Waals surface area contributed by atoms with Gasteiger partial charge in [-0.3, -0.25) is 0 Å². The highest BCUT2D eigenvalue weighted by atomic mass is 16.6. The van der Waals surface area contributed by atoms with Crippen molar-refractivity contribution in [3.63, 3.8) is 0 Å². The molecule has 41 heavy (non-hydrogen) atoms. The Morgan fingerprint density at radius 2 is 0.707 bits per heavy atom. The molecule has 8 nitrogen and oxygen atoms in total. The lowest BCUT2D eigenvalue weighted by Gasteiger charge is -2.31. The van der Waals surface area contributed by atoms with Crippen LogP contribution in [0.3, 0.4) is 0 Å². The molecule has 0 heterocycles. The zero-order valence-corrected chi connectivity index (χ0v) is 26.1. The van der Waals surface area contributed by atoms with E-state index in [4.69, 9.17) is 37.9 Å². The van der Waals surface area contributed by atoms with Crippen LogP contribution in [-0.4, -0.2) is 81.3 Å². The first-order valence-corrected chi connectivity index (χ1v) is 14.5. The molecule has 2 aromatic carbocycles. The molecule has 0 unspecified atom stereocenters. The number of hydrogen-bond donors (Lipinski definition) is 0. The lowest BCUT2D eigenvalue weighted by molar-refractivity contribution is 0.132. The summed E-state index contributed by atoms with van der Waals surface area (Å²) in [4.78, 5) is 0. The molecule has 0 radical (unpaired) electrons. The third kappa shape index (κ3) is 6.46. The summed E-state index contributed by atoms with van der Waals surface area (Å²) < 4.78 is 45.9. The van der Waals surface area contributed by atoms with Crippen LogP contribution in [0.2, 0.25) is 0 Å². The molecule has 2 aliphatic carbocycles. The molecule has 2 aliphatic rings. The molecule has 0 aromatic heterocycles. The summed E-state index contributed by atoms with van der Waals surface area (Å²) in [6.45, 7) is 13.1. The van der Waals surface area contributed by atoms with E-state index in [-0.39, 0.29) is 16.2 Å². The molecule has 8 heteroatoms. The van der Waals surface area contributed by atoms with Gasteiger partial charge in [0.2, 0.25) is 0 Å². The van der Waals surface area contributed by atoms with E-state index in [9.17, 15) is 0 Å². The van der Waals surface area contributed by atoms with Gasteiger partial charge in [0.25, 0.3) is 0 Å². The molecule has 228 valence electrons. The van der Waals surface area contributed by atoms with Gasteiger partial charge in [-0.05, 0) is 70.2 Å². The van der Waals surface area contributed by atoms with E-state index in [1.54, 1.807) is 28.4 Å². The maximum Gasteiger partial charge on any atom is 0.161 e. The van der Waals surface area contributed by atoms with Crippen LogP contribution in [0, 0.1) is 0 Å². The minimum Gasteiger partial charge on any atom is -0.487 e. The quantitative estimate of drug-likeness (QED) is 0.247. The summed E-state index contributed by atoms with van der Waals surface area (Å²) in [5.74, 6) is 2.95. The molecular weight excluding hydrogens is 524 g/mol. The van der Waals surface area contributed by atoms with Gasteiger partial charge in [0.1, 0.15) is 26.4 Å². The molecule has 0 saturated carbocycles. The van der Waals surface area contributed by atoms with Crippen LogP contribution in [0.25, 0.3) is 0 Å². The number of methoxy groups -OCH3 is 4. The summed E-state index contributed by atoms with van der Waals surface area (Å²) in [7, 11) is 6.71. The Kier molecular flexibility index (Phi) is 10.1. The van der Waals surface area contributed by atoms with E-state index in [1.165, 1.54) is 22.3 Å². The fourth-order valence-electron chi connectivity index (χ4n) is 6.71. The molecule has 0 aliphatic heterocycles. The maximum absolute atomic E-state index is 6.25. The minimum atomic E-state index is -0.216. The lowest BCUT2D eigenvalue weighted by Crippen LogP contribution is -2.27. The molecule has 2 aromatic rings. The highest BCUT2D eigenvalue weighted by Crippen LogP contribution is 2.64. The van der Waals surface area contributed by atoms with Crippen LogP contribution < -0.4 is 18.9 Å². The first-order chi connectivity index (χ1) is 19.6. The molecule has 0 amide bonds. The van der Waals surface area contributed by atoms with Crippen molar-refractivity contribution in [1.29, 1.82) is 0 Å². The monoisotopic (exact) mass is 572 g/mol. The van der Waals surface area contributed by atoms with Gasteiger partial charge in [0.15, 0.2) is 23.0 Å². The van der Waals surface area contributed by atoms with Crippen molar-refractivity contribution in [3.05, 3.63) is 46.5 Å². The fraction of sp³-hybridized carbons (Fsp3) is 0.636. The Hall–Kier alpha value is -2.52. The van der Waals surface area contributed by atoms with Crippen molar-refractivity contribution < 1.29 is 37.9 Å². The highest BCUT2D eigenvalue weighted by Gasteiger charge is 2.57. The lowest BCUT2D eigenvalue weighted by atomic mass is 9.72. The number of rotatable bonds is 16. The van der Waals surface area contributed by atoms with Gasteiger partial charge in [-0.2, -0.15) is 0 Å². The molecule has 0 bridgehead atoms. The van der Waals surface area contributed by atoms with E-state index >= 15 is 0 Å². The third-order valence-corrected chi connectivity index (χ3v) is 8.32. The number of hydrogen-bond acceptors (Lipinski definition) is 8. The summed E-state index contributed by atoms with van der Waals surface area (Å²) >= 11 is 0. The van der Waals surface area contributed by atoms with E-state index in [0.717, 1.165) is 35.8 Å². The Morgan fingerprint density at radius 1 is 0.439 bits per heavy atom. The predicted molar refractivity (Wildman–Crippen MR) is 158 cm³/mol. The Bertz CT molecular complexity index is 1080. The highest BCUT2D eigenvalue weighted by molar-refractivity contribution is 5.65. The van der Waals surface area contributed by atoms with Crippen molar-refractivity contribution in [3.8, 4) is 23.0 Å². The number of ether oxygens (including phenoxy) is 8. The summed E-state index contributed by atoms with van der Waals surface area (Å²) in [5.41, 5.74) is 4.77. The molecule has 0 N–H and O–H groups in total. The van der Waals surface area contributed by atoms with Crippen molar-refractivity contribution in [2.45, 2.75) is 56.8 Å². The molecule has 0 saturated heterocycles. The summed E-state index contributed by atoms with van der Waals surface area (Å²) in [5, 5.41) is 0. The minimum absolute atomic E-state index is 0.0812. The Balaban J connectivity index is 1.85. The maximum atomic E-state index is 6.25. The first-order valence-electron chi connectivity index (χ1n) is 14.5. The second kappa shape index (κ2) is 13.2. The number of fused-ring (bicyclic) bond motifs is 4. The molecular formula is C33H48O8. The second-order valence-corrected chi connectivity index (χ2v) is 12.3. The van der Waals surface area contributed by atoms with Gasteiger partial charge < -0.3 is 37.9 Å². The second-order valence-electron chi connectivity index (χ2n) is 12.3. The molecule has 0 fully saturated rings. The number of benzene rings is 2. The summed E-state index contributed by atoms with van der Waals surface area (Å²) in [6.07, 6.45) is 1.93. The average Bonchev–Trinajstić information content (AvgIpc) is 3.28. The van der Waals surface area contributed by atoms with E-state index < -0.39 is 0 Å². The van der Waals surface area contributed by atoms with Crippen LogP contribution >= 0.6 is 0 Å². The van der Waals surface area contributed by atoms with Crippen LogP contribution in [0.5, 0.6) is 23.0 Å². The zero-order chi connectivity index (χ0) is 29.7. The van der Waals surface area contributed by atoms with Crippen molar-refractivity contribution in [1.82, 2.24) is 0 Å². The first kappa shape index (κ1) is 31.4. The van der Waals surface area contributed by atoms with Gasteiger partial charge in [-0.25, -0.2) is 0 Å². The smallest absolute Gasteiger partial charge is 0.161 e. The summed E-state index contributed by atoms with van der Waals surface area (Å²) in [6, 6.07) is 8.79. The molecule has 1 spiro atoms. The Labute approximate surface area is 245 Å². The van der Waals surface area contributed by atoms with Gasteiger partial charge in [-0.15, -0.1) is 0 Å². The van der Waals surface area contributed by atoms with Gasteiger partial charge >= 0.3 is 0 Å². The normalized spacial score (nSPS) is 17.4. The van der Waals surface area contributed by atoms with Gasteiger partial charge in [0, 0.05) is 33.9 Å². The van der Waals surface area contributed by atoms with Crippen LogP contribution in [0.4, 0.5) is 0 Å². The van der Waals surface area contributed by atoms with Crippen LogP contribution in [0.15, 0.2) is 24.3 Å². The Morgan fingerprint density at radius 3 is 0.976 bits per heavy atom. The van der Waals surface area contributed by atoms with Crippen LogP contribution in [-0.2, 0) is 35.2 Å². The van der Waals surface area contributed by atoms with E-state index in [0.29, 0.717) is 52.9 Å². The fourth-order valence-corrected chi connectivity index (χ4v) is 6.71. The topological polar surface area (TPSA) is 73.8 Å². The van der Waals surface area contributed by atoms with Crippen molar-refractivity contribution in [2.24, 2.45) is 0 Å². The SMILES string of the molecule is COCCOc1cc2c(cc1OCCOC)C1(CC2(C)C)CC(C)(C)c2cc(OCCOC)c(OCCOC)cc21. The van der Waals surface area contributed by atoms with Crippen LogP contribution in [0.1, 0.15) is 62.8 Å². The average molecular weight is 573 g/mol. The van der Waals surface area contributed by atoms with Crippen molar-refractivity contribution >= 4 is 0 Å². The standard InChI is InChI=1S/C33H48O8/c1-31(2)21-33(25-19-29(40-15-11-36-7)27(17-23(25)31)38-13-9-34-5)22-32(3,4)24-18-28(39-14-10-35-6)30(20-26(24)33)41-16-12-37-8/h17-20H,9-16,21-22H2,1-8H3. The zero-order valence-electron chi connectivity index (χ0n) is 26.1. The largest absolute Gasteiger partial charge is 0.487 e. The molecule has 4 rings (SSSR count). The van der Waals surface area contributed by atoms with Gasteiger partial charge in [-0.1, -0.05) is 27.7 Å². The van der Waals surface area contributed by atoms with E-state index in [2.05, 4.69) is 52.0 Å². The third-order valence-electron chi connectivity index (χ3n) is 8.32.